The lowest BCUT2D eigenvalue weighted by Gasteiger charge is -2.13. The van der Waals surface area contributed by atoms with Crippen molar-refractivity contribution in [2.45, 2.75) is 19.9 Å². The second kappa shape index (κ2) is 6.58. The van der Waals surface area contributed by atoms with Gasteiger partial charge in [0.25, 0.3) is 5.69 Å². The van der Waals surface area contributed by atoms with Crippen molar-refractivity contribution in [2.24, 2.45) is 0 Å². The number of nitro groups is 1. The molecule has 0 aliphatic carbocycles. The number of nitrogens with one attached hydrogen (secondary N) is 1. The van der Waals surface area contributed by atoms with Crippen LogP contribution in [0.4, 0.5) is 11.4 Å². The van der Waals surface area contributed by atoms with Crippen LogP contribution in [0.25, 0.3) is 0 Å². The van der Waals surface area contributed by atoms with Gasteiger partial charge in [-0.05, 0) is 26.0 Å². The van der Waals surface area contributed by atoms with E-state index in [2.05, 4.69) is 10.1 Å². The van der Waals surface area contributed by atoms with Gasteiger partial charge in [-0.1, -0.05) is 0 Å². The van der Waals surface area contributed by atoms with Crippen LogP contribution in [0.3, 0.4) is 0 Å². The van der Waals surface area contributed by atoms with Gasteiger partial charge in [-0.3, -0.25) is 10.1 Å². The number of nitro benzene ring substituents is 1. The quantitative estimate of drug-likeness (QED) is 0.482. The van der Waals surface area contributed by atoms with Crippen molar-refractivity contribution < 1.29 is 19.2 Å². The molecule has 104 valence electrons. The topological polar surface area (TPSA) is 90.7 Å². The molecule has 1 N–H and O–H groups in total. The molecule has 0 spiro atoms. The Kier molecular flexibility index (Phi) is 5.11. The highest BCUT2D eigenvalue weighted by atomic mass is 16.6. The number of rotatable bonds is 6. The average molecular weight is 268 g/mol. The summed E-state index contributed by atoms with van der Waals surface area (Å²) < 4.78 is 9.75. The van der Waals surface area contributed by atoms with E-state index in [9.17, 15) is 14.9 Å². The normalized spacial score (nSPS) is 11.5. The molecular weight excluding hydrogens is 252 g/mol. The minimum Gasteiger partial charge on any atom is -0.494 e. The van der Waals surface area contributed by atoms with Gasteiger partial charge in [-0.15, -0.1) is 0 Å². The predicted molar refractivity (Wildman–Crippen MR) is 69.4 cm³/mol. The Labute approximate surface area is 110 Å². The van der Waals surface area contributed by atoms with E-state index >= 15 is 0 Å². The van der Waals surface area contributed by atoms with Gasteiger partial charge < -0.3 is 14.8 Å². The molecule has 0 saturated carbocycles. The summed E-state index contributed by atoms with van der Waals surface area (Å²) in [5.41, 5.74) is 0.0908. The van der Waals surface area contributed by atoms with Crippen LogP contribution in [0.2, 0.25) is 0 Å². The SMILES string of the molecule is CCOc1ccc(NC(C)C(=O)OC)c([N+](=O)[O-])c1. The molecule has 0 bridgehead atoms. The van der Waals surface area contributed by atoms with Crippen LogP contribution in [-0.2, 0) is 9.53 Å². The molecule has 0 aromatic heterocycles. The van der Waals surface area contributed by atoms with Crippen LogP contribution in [0.5, 0.6) is 5.75 Å². The fraction of sp³-hybridized carbons (Fsp3) is 0.417. The molecule has 0 heterocycles. The summed E-state index contributed by atoms with van der Waals surface area (Å²) in [4.78, 5) is 21.7. The van der Waals surface area contributed by atoms with Crippen LogP contribution >= 0.6 is 0 Å². The summed E-state index contributed by atoms with van der Waals surface area (Å²) >= 11 is 0. The van der Waals surface area contributed by atoms with Crippen LogP contribution < -0.4 is 10.1 Å². The van der Waals surface area contributed by atoms with E-state index in [1.165, 1.54) is 19.2 Å². The van der Waals surface area contributed by atoms with Gasteiger partial charge in [0.15, 0.2) is 0 Å². The summed E-state index contributed by atoms with van der Waals surface area (Å²) in [6, 6.07) is 3.74. The largest absolute Gasteiger partial charge is 0.494 e. The average Bonchev–Trinajstić information content (AvgIpc) is 2.39. The molecule has 1 unspecified atom stereocenters. The molecule has 1 aromatic carbocycles. The molecule has 0 aliphatic rings. The zero-order valence-electron chi connectivity index (χ0n) is 11.0. The number of carbonyl (C=O) groups excluding carboxylic acids is 1. The fourth-order valence-corrected chi connectivity index (χ4v) is 1.51. The third-order valence-corrected chi connectivity index (χ3v) is 2.40. The highest BCUT2D eigenvalue weighted by Gasteiger charge is 2.20. The van der Waals surface area contributed by atoms with E-state index in [0.29, 0.717) is 12.4 Å². The van der Waals surface area contributed by atoms with Crippen molar-refractivity contribution in [3.63, 3.8) is 0 Å². The zero-order chi connectivity index (χ0) is 14.4. The van der Waals surface area contributed by atoms with Gasteiger partial charge in [0.05, 0.1) is 24.7 Å². The molecule has 7 heteroatoms. The first-order valence-electron chi connectivity index (χ1n) is 5.75. The van der Waals surface area contributed by atoms with Gasteiger partial charge in [0.1, 0.15) is 17.5 Å². The van der Waals surface area contributed by atoms with Crippen molar-refractivity contribution in [3.8, 4) is 5.75 Å². The van der Waals surface area contributed by atoms with Crippen LogP contribution in [-0.4, -0.2) is 30.7 Å². The van der Waals surface area contributed by atoms with Gasteiger partial charge in [0.2, 0.25) is 0 Å². The Morgan fingerprint density at radius 2 is 2.21 bits per heavy atom. The van der Waals surface area contributed by atoms with Crippen molar-refractivity contribution >= 4 is 17.3 Å². The number of nitrogens with zero attached hydrogens (tertiary/aromatic N) is 1. The lowest BCUT2D eigenvalue weighted by molar-refractivity contribution is -0.384. The van der Waals surface area contributed by atoms with Gasteiger partial charge >= 0.3 is 5.97 Å². The minimum atomic E-state index is -0.679. The monoisotopic (exact) mass is 268 g/mol. The molecule has 1 aromatic rings. The standard InChI is InChI=1S/C12H16N2O5/c1-4-19-9-5-6-10(11(7-9)14(16)17)13-8(2)12(15)18-3/h5-8,13H,4H2,1-3H3. The molecule has 7 nitrogen and oxygen atoms in total. The Hall–Kier alpha value is -2.31. The highest BCUT2D eigenvalue weighted by Crippen LogP contribution is 2.29. The summed E-state index contributed by atoms with van der Waals surface area (Å²) in [5, 5.41) is 13.7. The lowest BCUT2D eigenvalue weighted by Crippen LogP contribution is -2.27. The van der Waals surface area contributed by atoms with Crippen LogP contribution in [0.1, 0.15) is 13.8 Å². The third kappa shape index (κ3) is 3.84. The summed E-state index contributed by atoms with van der Waals surface area (Å²) in [5.74, 6) is -0.0892. The number of methoxy groups -OCH3 is 1. The number of carbonyl (C=O) groups is 1. The molecule has 0 fully saturated rings. The number of anilines is 1. The maximum atomic E-state index is 11.3. The molecule has 1 atom stereocenters. The number of ether oxygens (including phenoxy) is 2. The zero-order valence-corrected chi connectivity index (χ0v) is 11.0. The van der Waals surface area contributed by atoms with Crippen LogP contribution in [0.15, 0.2) is 18.2 Å². The van der Waals surface area contributed by atoms with Gasteiger partial charge in [-0.25, -0.2) is 4.79 Å². The molecule has 0 aliphatic heterocycles. The lowest BCUT2D eigenvalue weighted by atomic mass is 10.2. The first-order valence-corrected chi connectivity index (χ1v) is 5.75. The highest BCUT2D eigenvalue weighted by molar-refractivity contribution is 5.80. The molecule has 0 saturated heterocycles. The Balaban J connectivity index is 3.00. The number of esters is 1. The maximum absolute atomic E-state index is 11.3. The Morgan fingerprint density at radius 3 is 2.74 bits per heavy atom. The Morgan fingerprint density at radius 1 is 1.53 bits per heavy atom. The van der Waals surface area contributed by atoms with Crippen molar-refractivity contribution in [1.29, 1.82) is 0 Å². The van der Waals surface area contributed by atoms with E-state index in [0.717, 1.165) is 0 Å². The third-order valence-electron chi connectivity index (χ3n) is 2.40. The molecule has 0 radical (unpaired) electrons. The van der Waals surface area contributed by atoms with E-state index < -0.39 is 16.9 Å². The first-order chi connectivity index (χ1) is 8.99. The van der Waals surface area contributed by atoms with Crippen LogP contribution in [0, 0.1) is 10.1 Å². The molecular formula is C12H16N2O5. The van der Waals surface area contributed by atoms with E-state index in [-0.39, 0.29) is 11.4 Å². The molecule has 1 rings (SSSR count). The predicted octanol–water partition coefficient (Wildman–Crippen LogP) is 1.97. The summed E-state index contributed by atoms with van der Waals surface area (Å²) in [6.07, 6.45) is 0. The van der Waals surface area contributed by atoms with E-state index in [1.54, 1.807) is 19.9 Å². The number of benzene rings is 1. The van der Waals surface area contributed by atoms with Crippen molar-refractivity contribution in [2.75, 3.05) is 19.0 Å². The van der Waals surface area contributed by atoms with Gasteiger partial charge in [-0.2, -0.15) is 0 Å². The minimum absolute atomic E-state index is 0.151. The molecule has 19 heavy (non-hydrogen) atoms. The Bertz CT molecular complexity index is 475. The van der Waals surface area contributed by atoms with Crippen molar-refractivity contribution in [3.05, 3.63) is 28.3 Å². The van der Waals surface area contributed by atoms with Crippen molar-refractivity contribution in [1.82, 2.24) is 0 Å². The summed E-state index contributed by atoms with van der Waals surface area (Å²) in [7, 11) is 1.26. The second-order valence-corrected chi connectivity index (χ2v) is 3.76. The van der Waals surface area contributed by atoms with E-state index in [4.69, 9.17) is 4.74 Å². The smallest absolute Gasteiger partial charge is 0.327 e. The first kappa shape index (κ1) is 14.7. The van der Waals surface area contributed by atoms with E-state index in [1.807, 2.05) is 0 Å². The molecule has 0 amide bonds. The summed E-state index contributed by atoms with van der Waals surface area (Å²) in [6.45, 7) is 3.77. The fourth-order valence-electron chi connectivity index (χ4n) is 1.51. The maximum Gasteiger partial charge on any atom is 0.327 e. The van der Waals surface area contributed by atoms with Gasteiger partial charge in [0, 0.05) is 0 Å². The second-order valence-electron chi connectivity index (χ2n) is 3.76. The number of hydrogen-bond donors (Lipinski definition) is 1. The number of hydrogen-bond acceptors (Lipinski definition) is 6.